The fraction of sp³-hybridized carbons (Fsp3) is 0.406. The molecule has 0 spiro atoms. The Morgan fingerprint density at radius 2 is 1.79 bits per heavy atom. The lowest BCUT2D eigenvalue weighted by Gasteiger charge is -2.46. The van der Waals surface area contributed by atoms with E-state index in [0.717, 1.165) is 34.9 Å². The first-order valence-electron chi connectivity index (χ1n) is 13.8. The van der Waals surface area contributed by atoms with Crippen molar-refractivity contribution in [1.82, 2.24) is 0 Å². The molecule has 2 aliphatic rings. The molecule has 0 aromatic heterocycles. The number of methoxy groups -OCH3 is 2. The third-order valence-electron chi connectivity index (χ3n) is 8.76. The van der Waals surface area contributed by atoms with Crippen molar-refractivity contribution in [2.45, 2.75) is 57.0 Å². The molecule has 206 valence electrons. The van der Waals surface area contributed by atoms with Gasteiger partial charge in [0, 0.05) is 37.3 Å². The first kappa shape index (κ1) is 27.4. The lowest BCUT2D eigenvalue weighted by atomic mass is 9.86. The fourth-order valence-electron chi connectivity index (χ4n) is 6.52. The minimum atomic E-state index is -2.09. The zero-order chi connectivity index (χ0) is 27.7. The number of carbonyl (C=O) groups is 1. The van der Waals surface area contributed by atoms with Crippen molar-refractivity contribution < 1.29 is 24.1 Å². The van der Waals surface area contributed by atoms with E-state index in [9.17, 15) is 9.90 Å². The number of aryl methyl sites for hydroxylation is 1. The number of aliphatic hydroxyl groups is 1. The molecule has 0 radical (unpaired) electrons. The van der Waals surface area contributed by atoms with Gasteiger partial charge in [-0.2, -0.15) is 0 Å². The van der Waals surface area contributed by atoms with Crippen molar-refractivity contribution in [3.8, 4) is 11.5 Å². The number of carbonyl (C=O) groups excluding carboxylic acids is 1. The molecular formula is C32H39NO5Si. The second-order valence-corrected chi connectivity index (χ2v) is 16.0. The Hall–Kier alpha value is -3.13. The molecule has 0 saturated heterocycles. The van der Waals surface area contributed by atoms with Crippen LogP contribution in [0.4, 0.5) is 11.4 Å². The molecule has 3 aromatic rings. The highest BCUT2D eigenvalue weighted by atomic mass is 28.3. The second kappa shape index (κ2) is 11.2. The van der Waals surface area contributed by atoms with E-state index in [4.69, 9.17) is 14.2 Å². The predicted molar refractivity (Wildman–Crippen MR) is 157 cm³/mol. The molecule has 1 unspecified atom stereocenters. The number of ether oxygens (including phenoxy) is 3. The molecular weight excluding hydrogens is 506 g/mol. The van der Waals surface area contributed by atoms with Crippen LogP contribution in [0.3, 0.4) is 0 Å². The molecule has 3 aromatic carbocycles. The van der Waals surface area contributed by atoms with Crippen LogP contribution >= 0.6 is 0 Å². The van der Waals surface area contributed by atoms with Crippen LogP contribution in [0, 0.1) is 5.92 Å². The fourth-order valence-corrected chi connectivity index (χ4v) is 10.0. The number of nitrogens with zero attached hydrogens (tertiary/aromatic N) is 1. The van der Waals surface area contributed by atoms with E-state index >= 15 is 0 Å². The van der Waals surface area contributed by atoms with Gasteiger partial charge in [-0.05, 0) is 60.3 Å². The van der Waals surface area contributed by atoms with E-state index in [-0.39, 0.29) is 36.2 Å². The van der Waals surface area contributed by atoms with E-state index in [2.05, 4.69) is 44.3 Å². The number of fused-ring (bicyclic) bond motifs is 2. The highest BCUT2D eigenvalue weighted by Crippen LogP contribution is 2.48. The number of para-hydroxylation sites is 1. The molecule has 0 aliphatic carbocycles. The van der Waals surface area contributed by atoms with Crippen LogP contribution in [-0.4, -0.2) is 46.0 Å². The lowest BCUT2D eigenvalue weighted by Crippen LogP contribution is -2.54. The normalized spacial score (nSPS) is 21.5. The predicted octanol–water partition coefficient (Wildman–Crippen LogP) is 5.76. The van der Waals surface area contributed by atoms with Crippen molar-refractivity contribution in [1.29, 1.82) is 0 Å². The number of hydrogen-bond donors (Lipinski definition) is 1. The van der Waals surface area contributed by atoms with Crippen LogP contribution in [0.1, 0.15) is 37.0 Å². The lowest BCUT2D eigenvalue weighted by molar-refractivity contribution is -0.118. The Labute approximate surface area is 232 Å². The molecule has 6 nitrogen and oxygen atoms in total. The van der Waals surface area contributed by atoms with Crippen LogP contribution in [0.5, 0.6) is 11.5 Å². The van der Waals surface area contributed by atoms with Crippen molar-refractivity contribution in [2.75, 3.05) is 25.7 Å². The van der Waals surface area contributed by atoms with Crippen molar-refractivity contribution >= 4 is 30.5 Å². The summed E-state index contributed by atoms with van der Waals surface area (Å²) >= 11 is 0. The summed E-state index contributed by atoms with van der Waals surface area (Å²) in [4.78, 5) is 14.9. The quantitative estimate of drug-likeness (QED) is 0.365. The highest BCUT2D eigenvalue weighted by Gasteiger charge is 2.47. The summed E-state index contributed by atoms with van der Waals surface area (Å²) in [5.41, 5.74) is 4.08. The maximum absolute atomic E-state index is 13.1. The van der Waals surface area contributed by atoms with Crippen LogP contribution in [0.15, 0.2) is 66.7 Å². The van der Waals surface area contributed by atoms with E-state index < -0.39 is 8.07 Å². The number of aliphatic hydroxyl groups excluding tert-OH is 1. The van der Waals surface area contributed by atoms with Gasteiger partial charge in [0.1, 0.15) is 17.6 Å². The Kier molecular flexibility index (Phi) is 7.85. The van der Waals surface area contributed by atoms with Gasteiger partial charge in [0.2, 0.25) is 5.91 Å². The SMILES string of the molecule is COc1ccc([Si](C)(C)C(CCO)[C@@H]2Oc3ccc(N4C(=O)CCc5ccccc54)cc3[C@H](OC)[C@H]2C)cc1. The highest BCUT2D eigenvalue weighted by molar-refractivity contribution is 6.91. The maximum Gasteiger partial charge on any atom is 0.231 e. The van der Waals surface area contributed by atoms with Crippen LogP contribution < -0.4 is 19.6 Å². The van der Waals surface area contributed by atoms with E-state index in [1.807, 2.05) is 47.4 Å². The van der Waals surface area contributed by atoms with Gasteiger partial charge in [0.25, 0.3) is 0 Å². The standard InChI is InChI=1S/C32H39NO5Si/c1-21-31(37-3)26-20-23(33-27-9-7-6-8-22(27)10-17-30(33)35)11-16-28(26)38-32(21)29(18-19-34)39(4,5)25-14-12-24(36-2)13-15-25/h6-9,11-16,20-21,29,31-32,34H,10,17-19H2,1-5H3/t21-,29?,31-,32-/m1/s1. The average molecular weight is 546 g/mol. The van der Waals surface area contributed by atoms with Gasteiger partial charge >= 0.3 is 0 Å². The molecule has 0 bridgehead atoms. The molecule has 4 atom stereocenters. The summed E-state index contributed by atoms with van der Waals surface area (Å²) in [6.07, 6.45) is 1.59. The molecule has 2 heterocycles. The average Bonchev–Trinajstić information content (AvgIpc) is 2.95. The minimum Gasteiger partial charge on any atom is -0.497 e. The number of amides is 1. The second-order valence-electron chi connectivity index (χ2n) is 11.2. The molecule has 39 heavy (non-hydrogen) atoms. The third-order valence-corrected chi connectivity index (χ3v) is 13.1. The van der Waals surface area contributed by atoms with Crippen LogP contribution in [-0.2, 0) is 16.0 Å². The van der Waals surface area contributed by atoms with Gasteiger partial charge in [-0.1, -0.05) is 55.5 Å². The molecule has 7 heteroatoms. The van der Waals surface area contributed by atoms with Crippen molar-refractivity contribution in [3.05, 3.63) is 77.9 Å². The number of rotatable bonds is 8. The molecule has 1 amide bonds. The zero-order valence-electron chi connectivity index (χ0n) is 23.5. The monoisotopic (exact) mass is 545 g/mol. The first-order valence-corrected chi connectivity index (χ1v) is 16.9. The summed E-state index contributed by atoms with van der Waals surface area (Å²) in [5.74, 6) is 1.77. The van der Waals surface area contributed by atoms with Crippen molar-refractivity contribution in [3.63, 3.8) is 0 Å². The third kappa shape index (κ3) is 4.99. The number of benzene rings is 3. The van der Waals surface area contributed by atoms with Gasteiger partial charge in [-0.15, -0.1) is 0 Å². The van der Waals surface area contributed by atoms with Gasteiger partial charge in [-0.3, -0.25) is 9.69 Å². The van der Waals surface area contributed by atoms with Crippen LogP contribution in [0.2, 0.25) is 18.6 Å². The molecule has 5 rings (SSSR count). The maximum atomic E-state index is 13.1. The Bertz CT molecular complexity index is 1320. The largest absolute Gasteiger partial charge is 0.497 e. The topological polar surface area (TPSA) is 68.2 Å². The van der Waals surface area contributed by atoms with Gasteiger partial charge < -0.3 is 19.3 Å². The summed E-state index contributed by atoms with van der Waals surface area (Å²) in [6.45, 7) is 6.98. The summed E-state index contributed by atoms with van der Waals surface area (Å²) in [5, 5.41) is 11.4. The van der Waals surface area contributed by atoms with Crippen molar-refractivity contribution in [2.24, 2.45) is 5.92 Å². The Morgan fingerprint density at radius 3 is 2.49 bits per heavy atom. The smallest absolute Gasteiger partial charge is 0.231 e. The minimum absolute atomic E-state index is 0.0451. The van der Waals surface area contributed by atoms with E-state index in [1.54, 1.807) is 14.2 Å². The number of hydrogen-bond acceptors (Lipinski definition) is 5. The van der Waals surface area contributed by atoms with Gasteiger partial charge in [0.15, 0.2) is 0 Å². The molecule has 1 N–H and O–H groups in total. The summed E-state index contributed by atoms with van der Waals surface area (Å²) in [6, 6.07) is 22.5. The number of anilines is 2. The first-order chi connectivity index (χ1) is 18.8. The van der Waals surface area contributed by atoms with Gasteiger partial charge in [-0.25, -0.2) is 0 Å². The van der Waals surface area contributed by atoms with Crippen LogP contribution in [0.25, 0.3) is 0 Å². The summed E-state index contributed by atoms with van der Waals surface area (Å²) < 4.78 is 18.3. The molecule has 0 saturated carbocycles. The van der Waals surface area contributed by atoms with E-state index in [1.165, 1.54) is 10.8 Å². The molecule has 2 aliphatic heterocycles. The van der Waals surface area contributed by atoms with Gasteiger partial charge in [0.05, 0.1) is 27.0 Å². The Balaban J connectivity index is 1.51. The van der Waals surface area contributed by atoms with E-state index in [0.29, 0.717) is 12.8 Å². The zero-order valence-corrected chi connectivity index (χ0v) is 24.5. The Morgan fingerprint density at radius 1 is 1.05 bits per heavy atom. The summed E-state index contributed by atoms with van der Waals surface area (Å²) in [7, 11) is 1.33. The molecule has 0 fully saturated rings.